The van der Waals surface area contributed by atoms with Crippen molar-refractivity contribution < 1.29 is 4.74 Å². The number of hydrogen-bond donors (Lipinski definition) is 1. The van der Waals surface area contributed by atoms with Gasteiger partial charge in [-0.15, -0.1) is 0 Å². The Morgan fingerprint density at radius 2 is 2.36 bits per heavy atom. The van der Waals surface area contributed by atoms with Crippen LogP contribution in [-0.2, 0) is 4.74 Å². The number of thioether (sulfide) groups is 1. The molecule has 0 amide bonds. The van der Waals surface area contributed by atoms with Gasteiger partial charge in [0.2, 0.25) is 0 Å². The average Bonchev–Trinajstić information content (AvgIpc) is 2.25. The van der Waals surface area contributed by atoms with E-state index < -0.39 is 0 Å². The van der Waals surface area contributed by atoms with Gasteiger partial charge in [0.05, 0.1) is 6.10 Å². The maximum absolute atomic E-state index is 5.64. The van der Waals surface area contributed by atoms with E-state index in [-0.39, 0.29) is 0 Å². The fourth-order valence-electron chi connectivity index (χ4n) is 1.65. The average molecular weight is 217 g/mol. The molecule has 84 valence electrons. The molecule has 2 unspecified atom stereocenters. The third kappa shape index (κ3) is 5.23. The van der Waals surface area contributed by atoms with Crippen molar-refractivity contribution in [2.24, 2.45) is 0 Å². The molecule has 0 bridgehead atoms. The lowest BCUT2D eigenvalue weighted by atomic mass is 10.1. The SMILES string of the molecule is CSC(C)CCNCC1CCCCO1. The molecule has 0 aromatic rings. The van der Waals surface area contributed by atoms with Gasteiger partial charge in [0.15, 0.2) is 0 Å². The summed E-state index contributed by atoms with van der Waals surface area (Å²) in [5.74, 6) is 0. The van der Waals surface area contributed by atoms with Gasteiger partial charge in [0.1, 0.15) is 0 Å². The van der Waals surface area contributed by atoms with E-state index in [1.807, 2.05) is 11.8 Å². The first-order valence-corrected chi connectivity index (χ1v) is 6.97. The molecule has 1 aliphatic rings. The molecule has 1 aliphatic heterocycles. The van der Waals surface area contributed by atoms with Crippen LogP contribution in [0.25, 0.3) is 0 Å². The predicted molar refractivity (Wildman–Crippen MR) is 64.1 cm³/mol. The summed E-state index contributed by atoms with van der Waals surface area (Å²) in [7, 11) is 0. The van der Waals surface area contributed by atoms with Gasteiger partial charge in [0, 0.05) is 18.4 Å². The van der Waals surface area contributed by atoms with Gasteiger partial charge in [0.25, 0.3) is 0 Å². The maximum atomic E-state index is 5.64. The lowest BCUT2D eigenvalue weighted by Crippen LogP contribution is -2.32. The minimum atomic E-state index is 0.480. The molecule has 0 radical (unpaired) electrons. The van der Waals surface area contributed by atoms with Crippen LogP contribution in [0.5, 0.6) is 0 Å². The van der Waals surface area contributed by atoms with Gasteiger partial charge in [-0.25, -0.2) is 0 Å². The van der Waals surface area contributed by atoms with Crippen molar-refractivity contribution in [3.63, 3.8) is 0 Å². The Balaban J connectivity index is 1.92. The Bertz CT molecular complexity index is 137. The van der Waals surface area contributed by atoms with E-state index in [4.69, 9.17) is 4.74 Å². The molecule has 0 aliphatic carbocycles. The number of nitrogens with one attached hydrogen (secondary N) is 1. The Morgan fingerprint density at radius 3 is 3.00 bits per heavy atom. The molecule has 0 aromatic heterocycles. The second kappa shape index (κ2) is 7.55. The number of ether oxygens (including phenoxy) is 1. The molecule has 1 rings (SSSR count). The fraction of sp³-hybridized carbons (Fsp3) is 1.00. The van der Waals surface area contributed by atoms with E-state index in [0.717, 1.165) is 24.9 Å². The molecule has 1 saturated heterocycles. The Kier molecular flexibility index (Phi) is 6.65. The highest BCUT2D eigenvalue weighted by Gasteiger charge is 2.12. The van der Waals surface area contributed by atoms with Crippen LogP contribution in [0.3, 0.4) is 0 Å². The van der Waals surface area contributed by atoms with Crippen LogP contribution in [0.1, 0.15) is 32.6 Å². The second-order valence-corrected chi connectivity index (χ2v) is 5.30. The molecule has 0 spiro atoms. The largest absolute Gasteiger partial charge is 0.377 e. The van der Waals surface area contributed by atoms with E-state index in [0.29, 0.717) is 6.10 Å². The van der Waals surface area contributed by atoms with Gasteiger partial charge >= 0.3 is 0 Å². The normalized spacial score (nSPS) is 24.9. The zero-order valence-electron chi connectivity index (χ0n) is 9.42. The van der Waals surface area contributed by atoms with Crippen molar-refractivity contribution in [1.29, 1.82) is 0 Å². The number of rotatable bonds is 6. The summed E-state index contributed by atoms with van der Waals surface area (Å²) in [6, 6.07) is 0. The molecular weight excluding hydrogens is 194 g/mol. The lowest BCUT2D eigenvalue weighted by molar-refractivity contribution is 0.0170. The molecule has 2 atom stereocenters. The van der Waals surface area contributed by atoms with Crippen molar-refractivity contribution in [1.82, 2.24) is 5.32 Å². The molecule has 1 heterocycles. The molecule has 3 heteroatoms. The van der Waals surface area contributed by atoms with E-state index >= 15 is 0 Å². The summed E-state index contributed by atoms with van der Waals surface area (Å²) < 4.78 is 5.64. The molecular formula is C11H23NOS. The second-order valence-electron chi connectivity index (χ2n) is 4.03. The highest BCUT2D eigenvalue weighted by molar-refractivity contribution is 7.99. The zero-order chi connectivity index (χ0) is 10.2. The van der Waals surface area contributed by atoms with Crippen molar-refractivity contribution >= 4 is 11.8 Å². The third-order valence-corrected chi connectivity index (χ3v) is 3.82. The first-order chi connectivity index (χ1) is 6.83. The summed E-state index contributed by atoms with van der Waals surface area (Å²) in [5, 5.41) is 4.25. The van der Waals surface area contributed by atoms with E-state index in [1.165, 1.54) is 25.7 Å². The lowest BCUT2D eigenvalue weighted by Gasteiger charge is -2.23. The first kappa shape index (κ1) is 12.3. The fourth-order valence-corrected chi connectivity index (χ4v) is 2.01. The van der Waals surface area contributed by atoms with Gasteiger partial charge in [-0.05, 0) is 38.5 Å². The van der Waals surface area contributed by atoms with Crippen LogP contribution in [0.15, 0.2) is 0 Å². The summed E-state index contributed by atoms with van der Waals surface area (Å²) in [6.45, 7) is 5.42. The van der Waals surface area contributed by atoms with Crippen LogP contribution in [0, 0.1) is 0 Å². The van der Waals surface area contributed by atoms with Crippen molar-refractivity contribution in [3.8, 4) is 0 Å². The minimum Gasteiger partial charge on any atom is -0.377 e. The Hall–Kier alpha value is 0.270. The van der Waals surface area contributed by atoms with Crippen LogP contribution in [-0.4, -0.2) is 37.3 Å². The topological polar surface area (TPSA) is 21.3 Å². The summed E-state index contributed by atoms with van der Waals surface area (Å²) >= 11 is 1.94. The molecule has 1 fully saturated rings. The molecule has 0 saturated carbocycles. The van der Waals surface area contributed by atoms with Crippen LogP contribution < -0.4 is 5.32 Å². The quantitative estimate of drug-likeness (QED) is 0.690. The van der Waals surface area contributed by atoms with E-state index in [9.17, 15) is 0 Å². The summed E-state index contributed by atoms with van der Waals surface area (Å²) in [6.07, 6.45) is 7.75. The van der Waals surface area contributed by atoms with Crippen molar-refractivity contribution in [2.75, 3.05) is 26.0 Å². The van der Waals surface area contributed by atoms with Gasteiger partial charge in [-0.1, -0.05) is 6.92 Å². The minimum absolute atomic E-state index is 0.480. The smallest absolute Gasteiger partial charge is 0.0699 e. The first-order valence-electron chi connectivity index (χ1n) is 5.68. The summed E-state index contributed by atoms with van der Waals surface area (Å²) in [4.78, 5) is 0. The van der Waals surface area contributed by atoms with Crippen LogP contribution >= 0.6 is 11.8 Å². The summed E-state index contributed by atoms with van der Waals surface area (Å²) in [5.41, 5.74) is 0. The Morgan fingerprint density at radius 1 is 1.50 bits per heavy atom. The van der Waals surface area contributed by atoms with Crippen LogP contribution in [0.4, 0.5) is 0 Å². The predicted octanol–water partition coefficient (Wildman–Crippen LogP) is 2.29. The van der Waals surface area contributed by atoms with Crippen molar-refractivity contribution in [2.45, 2.75) is 44.0 Å². The molecule has 1 N–H and O–H groups in total. The van der Waals surface area contributed by atoms with E-state index in [2.05, 4.69) is 18.5 Å². The maximum Gasteiger partial charge on any atom is 0.0699 e. The monoisotopic (exact) mass is 217 g/mol. The third-order valence-electron chi connectivity index (χ3n) is 2.78. The highest BCUT2D eigenvalue weighted by atomic mass is 32.2. The Labute approximate surface area is 92.2 Å². The van der Waals surface area contributed by atoms with Gasteiger partial charge in [-0.3, -0.25) is 0 Å². The van der Waals surface area contributed by atoms with Gasteiger partial charge < -0.3 is 10.1 Å². The zero-order valence-corrected chi connectivity index (χ0v) is 10.2. The highest BCUT2D eigenvalue weighted by Crippen LogP contribution is 2.12. The molecule has 0 aromatic carbocycles. The number of hydrogen-bond acceptors (Lipinski definition) is 3. The van der Waals surface area contributed by atoms with E-state index in [1.54, 1.807) is 0 Å². The molecule has 2 nitrogen and oxygen atoms in total. The molecule has 14 heavy (non-hydrogen) atoms. The van der Waals surface area contributed by atoms with Crippen molar-refractivity contribution in [3.05, 3.63) is 0 Å². The van der Waals surface area contributed by atoms with Gasteiger partial charge in [-0.2, -0.15) is 11.8 Å². The standard InChI is InChI=1S/C11H23NOS/c1-10(14-2)6-7-12-9-11-5-3-4-8-13-11/h10-12H,3-9H2,1-2H3. The van der Waals surface area contributed by atoms with Crippen LogP contribution in [0.2, 0.25) is 0 Å².